The standard InChI is InChI=1S/C24H28N2O3/c1-4-6-14-25(17(3)5-2)22(27)19-12-13-20-21(15-19)24(29)26(23(20)28)16-18-10-8-7-9-11-18/h7-13,15,17H,4-6,14,16H2,1-3H3. The number of fused-ring (bicyclic) bond motifs is 1. The summed E-state index contributed by atoms with van der Waals surface area (Å²) < 4.78 is 0. The molecule has 0 aromatic heterocycles. The van der Waals surface area contributed by atoms with Crippen LogP contribution in [0.5, 0.6) is 0 Å². The van der Waals surface area contributed by atoms with E-state index in [9.17, 15) is 14.4 Å². The summed E-state index contributed by atoms with van der Waals surface area (Å²) >= 11 is 0. The second-order valence-electron chi connectivity index (χ2n) is 7.55. The van der Waals surface area contributed by atoms with Gasteiger partial charge in [-0.15, -0.1) is 0 Å². The molecule has 0 saturated carbocycles. The Hall–Kier alpha value is -2.95. The van der Waals surface area contributed by atoms with Crippen molar-refractivity contribution in [3.05, 3.63) is 70.8 Å². The van der Waals surface area contributed by atoms with Crippen molar-refractivity contribution in [1.29, 1.82) is 0 Å². The predicted molar refractivity (Wildman–Crippen MR) is 113 cm³/mol. The maximum atomic E-state index is 13.1. The molecule has 2 aromatic rings. The lowest BCUT2D eigenvalue weighted by atomic mass is 10.0. The molecule has 1 unspecified atom stereocenters. The average molecular weight is 392 g/mol. The molecule has 0 fully saturated rings. The van der Waals surface area contributed by atoms with Crippen LogP contribution >= 0.6 is 0 Å². The molecule has 0 bridgehead atoms. The van der Waals surface area contributed by atoms with Gasteiger partial charge in [0, 0.05) is 18.2 Å². The molecule has 0 saturated heterocycles. The number of benzene rings is 2. The van der Waals surface area contributed by atoms with Crippen LogP contribution in [0.15, 0.2) is 48.5 Å². The van der Waals surface area contributed by atoms with E-state index in [1.165, 1.54) is 4.90 Å². The molecule has 0 N–H and O–H groups in total. The van der Waals surface area contributed by atoms with Gasteiger partial charge >= 0.3 is 0 Å². The van der Waals surface area contributed by atoms with Crippen molar-refractivity contribution in [1.82, 2.24) is 9.80 Å². The SMILES string of the molecule is CCCCN(C(=O)c1ccc2c(c1)C(=O)N(Cc1ccccc1)C2=O)C(C)CC. The predicted octanol–water partition coefficient (Wildman–Crippen LogP) is 4.52. The van der Waals surface area contributed by atoms with Gasteiger partial charge in [-0.05, 0) is 43.5 Å². The first-order valence-corrected chi connectivity index (χ1v) is 10.3. The van der Waals surface area contributed by atoms with Crippen LogP contribution < -0.4 is 0 Å². The van der Waals surface area contributed by atoms with Gasteiger partial charge in [0.1, 0.15) is 0 Å². The van der Waals surface area contributed by atoms with Crippen LogP contribution in [-0.4, -0.2) is 40.1 Å². The lowest BCUT2D eigenvalue weighted by Gasteiger charge is -2.28. The van der Waals surface area contributed by atoms with Gasteiger partial charge in [-0.1, -0.05) is 50.6 Å². The van der Waals surface area contributed by atoms with Gasteiger partial charge in [0.05, 0.1) is 17.7 Å². The Morgan fingerprint density at radius 3 is 2.34 bits per heavy atom. The lowest BCUT2D eigenvalue weighted by Crippen LogP contribution is -2.39. The summed E-state index contributed by atoms with van der Waals surface area (Å²) in [6.07, 6.45) is 2.80. The molecule has 1 aliphatic heterocycles. The van der Waals surface area contributed by atoms with Crippen molar-refractivity contribution in [2.45, 2.75) is 52.6 Å². The minimum Gasteiger partial charge on any atom is -0.336 e. The molecule has 29 heavy (non-hydrogen) atoms. The van der Waals surface area contributed by atoms with Crippen LogP contribution in [0.3, 0.4) is 0 Å². The topological polar surface area (TPSA) is 57.7 Å². The second kappa shape index (κ2) is 9.03. The first-order chi connectivity index (χ1) is 14.0. The maximum absolute atomic E-state index is 13.1. The van der Waals surface area contributed by atoms with Gasteiger partial charge in [-0.3, -0.25) is 19.3 Å². The first kappa shape index (κ1) is 20.8. The normalized spacial score (nSPS) is 14.1. The van der Waals surface area contributed by atoms with Crippen molar-refractivity contribution >= 4 is 17.7 Å². The van der Waals surface area contributed by atoms with Crippen molar-refractivity contribution in [2.24, 2.45) is 0 Å². The minimum absolute atomic E-state index is 0.0858. The van der Waals surface area contributed by atoms with Gasteiger partial charge in [0.2, 0.25) is 0 Å². The van der Waals surface area contributed by atoms with E-state index in [1.807, 2.05) is 42.2 Å². The number of hydrogen-bond donors (Lipinski definition) is 0. The fraction of sp³-hybridized carbons (Fsp3) is 0.375. The van der Waals surface area contributed by atoms with E-state index in [-0.39, 0.29) is 30.3 Å². The summed E-state index contributed by atoms with van der Waals surface area (Å²) in [4.78, 5) is 41.9. The zero-order valence-electron chi connectivity index (χ0n) is 17.4. The molecular formula is C24H28N2O3. The Kier molecular flexibility index (Phi) is 6.47. The molecule has 1 aliphatic rings. The number of unbranched alkanes of at least 4 members (excludes halogenated alkanes) is 1. The molecule has 0 radical (unpaired) electrons. The Balaban J connectivity index is 1.86. The summed E-state index contributed by atoms with van der Waals surface area (Å²) in [6, 6.07) is 14.4. The van der Waals surface area contributed by atoms with E-state index in [1.54, 1.807) is 18.2 Å². The van der Waals surface area contributed by atoms with Crippen LogP contribution in [0.1, 0.15) is 76.7 Å². The van der Waals surface area contributed by atoms with E-state index in [2.05, 4.69) is 13.8 Å². The maximum Gasteiger partial charge on any atom is 0.261 e. The zero-order valence-corrected chi connectivity index (χ0v) is 17.4. The van der Waals surface area contributed by atoms with Gasteiger partial charge in [0.25, 0.3) is 17.7 Å². The van der Waals surface area contributed by atoms with E-state index >= 15 is 0 Å². The van der Waals surface area contributed by atoms with Gasteiger partial charge in [-0.25, -0.2) is 0 Å². The number of imide groups is 1. The van der Waals surface area contributed by atoms with Crippen LogP contribution in [0.25, 0.3) is 0 Å². The Bertz CT molecular complexity index is 908. The van der Waals surface area contributed by atoms with E-state index in [4.69, 9.17) is 0 Å². The van der Waals surface area contributed by atoms with Crippen LogP contribution in [0.4, 0.5) is 0 Å². The molecular weight excluding hydrogens is 364 g/mol. The summed E-state index contributed by atoms with van der Waals surface area (Å²) in [5, 5.41) is 0. The van der Waals surface area contributed by atoms with Gasteiger partial charge in [0.15, 0.2) is 0 Å². The fourth-order valence-electron chi connectivity index (χ4n) is 3.57. The van der Waals surface area contributed by atoms with Crippen molar-refractivity contribution in [3.63, 3.8) is 0 Å². The molecule has 3 rings (SSSR count). The van der Waals surface area contributed by atoms with Crippen molar-refractivity contribution in [3.8, 4) is 0 Å². The zero-order chi connectivity index (χ0) is 21.0. The molecule has 152 valence electrons. The van der Waals surface area contributed by atoms with Crippen LogP contribution in [-0.2, 0) is 6.54 Å². The Morgan fingerprint density at radius 2 is 1.69 bits per heavy atom. The third-order valence-corrected chi connectivity index (χ3v) is 5.54. The number of hydrogen-bond acceptors (Lipinski definition) is 3. The summed E-state index contributed by atoms with van der Waals surface area (Å²) in [5.41, 5.74) is 2.03. The monoisotopic (exact) mass is 392 g/mol. The second-order valence-corrected chi connectivity index (χ2v) is 7.55. The molecule has 3 amide bonds. The Morgan fingerprint density at radius 1 is 1.00 bits per heavy atom. The van der Waals surface area contributed by atoms with Crippen LogP contribution in [0.2, 0.25) is 0 Å². The molecule has 1 heterocycles. The molecule has 5 nitrogen and oxygen atoms in total. The number of amides is 3. The highest BCUT2D eigenvalue weighted by atomic mass is 16.2. The van der Waals surface area contributed by atoms with Gasteiger partial charge in [-0.2, -0.15) is 0 Å². The minimum atomic E-state index is -0.341. The largest absolute Gasteiger partial charge is 0.336 e. The summed E-state index contributed by atoms with van der Waals surface area (Å²) in [5.74, 6) is -0.734. The highest BCUT2D eigenvalue weighted by Gasteiger charge is 2.36. The first-order valence-electron chi connectivity index (χ1n) is 10.3. The number of carbonyl (C=O) groups excluding carboxylic acids is 3. The van der Waals surface area contributed by atoms with Crippen molar-refractivity contribution < 1.29 is 14.4 Å². The molecule has 0 spiro atoms. The third-order valence-electron chi connectivity index (χ3n) is 5.54. The Labute approximate surface area is 172 Å². The van der Waals surface area contributed by atoms with Crippen LogP contribution in [0, 0.1) is 0 Å². The summed E-state index contributed by atoms with van der Waals surface area (Å²) in [6.45, 7) is 7.11. The van der Waals surface area contributed by atoms with E-state index in [0.29, 0.717) is 23.2 Å². The number of nitrogens with zero attached hydrogens (tertiary/aromatic N) is 2. The van der Waals surface area contributed by atoms with Gasteiger partial charge < -0.3 is 4.90 Å². The van der Waals surface area contributed by atoms with Crippen molar-refractivity contribution in [2.75, 3.05) is 6.54 Å². The third kappa shape index (κ3) is 4.24. The molecule has 2 aromatic carbocycles. The fourth-order valence-corrected chi connectivity index (χ4v) is 3.57. The average Bonchev–Trinajstić information content (AvgIpc) is 2.98. The highest BCUT2D eigenvalue weighted by molar-refractivity contribution is 6.22. The number of carbonyl (C=O) groups is 3. The van der Waals surface area contributed by atoms with E-state index in [0.717, 1.165) is 24.8 Å². The number of rotatable bonds is 8. The molecule has 0 aliphatic carbocycles. The molecule has 1 atom stereocenters. The molecule has 5 heteroatoms. The smallest absolute Gasteiger partial charge is 0.261 e. The quantitative estimate of drug-likeness (QED) is 0.621. The summed E-state index contributed by atoms with van der Waals surface area (Å²) in [7, 11) is 0. The van der Waals surface area contributed by atoms with E-state index < -0.39 is 0 Å². The highest BCUT2D eigenvalue weighted by Crippen LogP contribution is 2.26. The lowest BCUT2D eigenvalue weighted by molar-refractivity contribution is 0.0641.